The maximum absolute atomic E-state index is 12.7. The maximum atomic E-state index is 12.7. The highest BCUT2D eigenvalue weighted by Gasteiger charge is 2.63. The third-order valence-corrected chi connectivity index (χ3v) is 5.91. The summed E-state index contributed by atoms with van der Waals surface area (Å²) >= 11 is 0. The van der Waals surface area contributed by atoms with Crippen molar-refractivity contribution in [2.45, 2.75) is 38.7 Å². The van der Waals surface area contributed by atoms with Crippen LogP contribution in [0.3, 0.4) is 0 Å². The molecule has 0 spiro atoms. The van der Waals surface area contributed by atoms with Crippen LogP contribution in [0.4, 0.5) is 5.69 Å². The molecule has 3 aliphatic rings. The summed E-state index contributed by atoms with van der Waals surface area (Å²) in [4.78, 5) is 36.7. The van der Waals surface area contributed by atoms with Crippen LogP contribution in [0.25, 0.3) is 0 Å². The lowest BCUT2D eigenvalue weighted by Gasteiger charge is -2.23. The van der Waals surface area contributed by atoms with E-state index in [4.69, 9.17) is 9.47 Å². The fraction of sp³-hybridized carbons (Fsp3) is 0.550. The topological polar surface area (TPSA) is 81.7 Å². The van der Waals surface area contributed by atoms with E-state index in [2.05, 4.69) is 5.32 Å². The SMILES string of the molecule is CCCCOC(=O)c1ccc(NC(=O)[C@@H]2[C@@H]3C[C@@H]4[C@@H]2C(=O)O[C@@H]4C3)cc1. The van der Waals surface area contributed by atoms with Gasteiger partial charge in [-0.3, -0.25) is 9.59 Å². The van der Waals surface area contributed by atoms with Gasteiger partial charge < -0.3 is 14.8 Å². The minimum atomic E-state index is -0.357. The Morgan fingerprint density at radius 3 is 2.73 bits per heavy atom. The van der Waals surface area contributed by atoms with Gasteiger partial charge in [-0.05, 0) is 49.4 Å². The summed E-state index contributed by atoms with van der Waals surface area (Å²) in [5.41, 5.74) is 1.08. The molecule has 0 aromatic heterocycles. The lowest BCUT2D eigenvalue weighted by molar-refractivity contribution is -0.145. The van der Waals surface area contributed by atoms with E-state index in [9.17, 15) is 14.4 Å². The number of ether oxygens (including phenoxy) is 2. The highest BCUT2D eigenvalue weighted by molar-refractivity contribution is 5.97. The zero-order valence-corrected chi connectivity index (χ0v) is 14.8. The van der Waals surface area contributed by atoms with E-state index in [-0.39, 0.29) is 47.6 Å². The normalized spacial score (nSPS) is 31.0. The number of unbranched alkanes of at least 4 members (excludes halogenated alkanes) is 1. The van der Waals surface area contributed by atoms with E-state index in [0.717, 1.165) is 25.7 Å². The number of hydrogen-bond acceptors (Lipinski definition) is 5. The van der Waals surface area contributed by atoms with Gasteiger partial charge in [-0.25, -0.2) is 4.79 Å². The zero-order valence-electron chi connectivity index (χ0n) is 14.8. The van der Waals surface area contributed by atoms with Crippen LogP contribution in [-0.2, 0) is 19.1 Å². The number of nitrogens with one attached hydrogen (secondary N) is 1. The van der Waals surface area contributed by atoms with Gasteiger partial charge in [0.2, 0.25) is 5.91 Å². The number of benzene rings is 1. The molecule has 1 saturated heterocycles. The molecule has 5 atom stereocenters. The van der Waals surface area contributed by atoms with Gasteiger partial charge in [-0.2, -0.15) is 0 Å². The van der Waals surface area contributed by atoms with Crippen LogP contribution in [0.5, 0.6) is 0 Å². The Bertz CT molecular complexity index is 726. The molecule has 2 saturated carbocycles. The fourth-order valence-electron chi connectivity index (χ4n) is 4.67. The average molecular weight is 357 g/mol. The van der Waals surface area contributed by atoms with Crippen LogP contribution < -0.4 is 5.32 Å². The van der Waals surface area contributed by atoms with Gasteiger partial charge in [0, 0.05) is 11.6 Å². The first-order valence-corrected chi connectivity index (χ1v) is 9.37. The Morgan fingerprint density at radius 1 is 1.23 bits per heavy atom. The molecule has 6 heteroatoms. The summed E-state index contributed by atoms with van der Waals surface area (Å²) in [6, 6.07) is 6.67. The maximum Gasteiger partial charge on any atom is 0.338 e. The molecule has 4 rings (SSSR count). The first kappa shape index (κ1) is 17.1. The molecule has 2 aliphatic carbocycles. The first-order valence-electron chi connectivity index (χ1n) is 9.37. The lowest BCUT2D eigenvalue weighted by Crippen LogP contribution is -2.35. The molecule has 1 amide bonds. The standard InChI is InChI=1S/C20H23NO5/c1-2-3-8-25-19(23)11-4-6-13(7-5-11)21-18(22)16-12-9-14-15(10-12)26-20(24)17(14)16/h4-7,12,14-17H,2-3,8-10H2,1H3,(H,21,22)/t12-,14+,15-,16-,17+/m1/s1. The van der Waals surface area contributed by atoms with Gasteiger partial charge in [0.25, 0.3) is 0 Å². The van der Waals surface area contributed by atoms with Gasteiger partial charge in [-0.15, -0.1) is 0 Å². The summed E-state index contributed by atoms with van der Waals surface area (Å²) < 4.78 is 10.6. The molecule has 6 nitrogen and oxygen atoms in total. The molecule has 138 valence electrons. The first-order chi connectivity index (χ1) is 12.6. The number of amides is 1. The lowest BCUT2D eigenvalue weighted by atomic mass is 9.79. The average Bonchev–Trinajstić information content (AvgIpc) is 3.24. The van der Waals surface area contributed by atoms with E-state index in [1.54, 1.807) is 24.3 Å². The van der Waals surface area contributed by atoms with Gasteiger partial charge in [0.15, 0.2) is 0 Å². The molecule has 1 heterocycles. The van der Waals surface area contributed by atoms with Gasteiger partial charge >= 0.3 is 11.9 Å². The van der Waals surface area contributed by atoms with Crippen molar-refractivity contribution in [2.75, 3.05) is 11.9 Å². The van der Waals surface area contributed by atoms with E-state index < -0.39 is 0 Å². The van der Waals surface area contributed by atoms with Crippen LogP contribution in [0, 0.1) is 23.7 Å². The Kier molecular flexibility index (Phi) is 4.42. The second kappa shape index (κ2) is 6.74. The van der Waals surface area contributed by atoms with Crippen molar-refractivity contribution in [3.8, 4) is 0 Å². The molecule has 3 fully saturated rings. The van der Waals surface area contributed by atoms with E-state index in [1.165, 1.54) is 0 Å². The summed E-state index contributed by atoms with van der Waals surface area (Å²) in [6.45, 7) is 2.45. The smallest absolute Gasteiger partial charge is 0.338 e. The Balaban J connectivity index is 1.38. The van der Waals surface area contributed by atoms with Gasteiger partial charge in [-0.1, -0.05) is 13.3 Å². The van der Waals surface area contributed by atoms with Crippen LogP contribution in [0.1, 0.15) is 43.0 Å². The van der Waals surface area contributed by atoms with Crippen molar-refractivity contribution in [3.63, 3.8) is 0 Å². The van der Waals surface area contributed by atoms with Crippen LogP contribution in [-0.4, -0.2) is 30.6 Å². The highest BCUT2D eigenvalue weighted by Crippen LogP contribution is 2.57. The molecule has 26 heavy (non-hydrogen) atoms. The van der Waals surface area contributed by atoms with Crippen LogP contribution in [0.15, 0.2) is 24.3 Å². The van der Waals surface area contributed by atoms with Crippen molar-refractivity contribution in [1.82, 2.24) is 0 Å². The fourth-order valence-corrected chi connectivity index (χ4v) is 4.67. The third kappa shape index (κ3) is 2.87. The van der Waals surface area contributed by atoms with Gasteiger partial charge in [0.05, 0.1) is 24.0 Å². The van der Waals surface area contributed by atoms with Crippen molar-refractivity contribution in [1.29, 1.82) is 0 Å². The number of carbonyl (C=O) groups is 3. The summed E-state index contributed by atoms with van der Waals surface area (Å²) in [6.07, 6.45) is 3.54. The quantitative estimate of drug-likeness (QED) is 0.625. The second-order valence-corrected chi connectivity index (χ2v) is 7.48. The van der Waals surface area contributed by atoms with Crippen molar-refractivity contribution in [2.24, 2.45) is 23.7 Å². The monoisotopic (exact) mass is 357 g/mol. The van der Waals surface area contributed by atoms with Crippen molar-refractivity contribution >= 4 is 23.5 Å². The number of hydrogen-bond donors (Lipinski definition) is 1. The number of fused-ring (bicyclic) bond motifs is 1. The minimum Gasteiger partial charge on any atom is -0.462 e. The molecule has 1 aromatic rings. The Morgan fingerprint density at radius 2 is 2.00 bits per heavy atom. The van der Waals surface area contributed by atoms with Crippen LogP contribution >= 0.6 is 0 Å². The largest absolute Gasteiger partial charge is 0.462 e. The Labute approximate surface area is 152 Å². The van der Waals surface area contributed by atoms with E-state index in [1.807, 2.05) is 6.92 Å². The number of anilines is 1. The molecule has 0 radical (unpaired) electrons. The molecule has 1 N–H and O–H groups in total. The van der Waals surface area contributed by atoms with Crippen molar-refractivity contribution in [3.05, 3.63) is 29.8 Å². The predicted molar refractivity (Wildman–Crippen MR) is 93.3 cm³/mol. The summed E-state index contributed by atoms with van der Waals surface area (Å²) in [5.74, 6) is -0.846. The number of rotatable bonds is 6. The predicted octanol–water partition coefficient (Wildman–Crippen LogP) is 2.78. The number of carbonyl (C=O) groups excluding carboxylic acids is 3. The molecule has 1 aromatic carbocycles. The van der Waals surface area contributed by atoms with Crippen molar-refractivity contribution < 1.29 is 23.9 Å². The van der Waals surface area contributed by atoms with E-state index >= 15 is 0 Å². The molecule has 1 aliphatic heterocycles. The molecule has 2 bridgehead atoms. The van der Waals surface area contributed by atoms with Gasteiger partial charge in [0.1, 0.15) is 6.10 Å². The highest BCUT2D eigenvalue weighted by atomic mass is 16.6. The summed E-state index contributed by atoms with van der Waals surface area (Å²) in [7, 11) is 0. The molecule has 0 unspecified atom stereocenters. The molecular formula is C20H23NO5. The number of esters is 2. The zero-order chi connectivity index (χ0) is 18.3. The second-order valence-electron chi connectivity index (χ2n) is 7.48. The third-order valence-electron chi connectivity index (χ3n) is 5.91. The van der Waals surface area contributed by atoms with Crippen LogP contribution in [0.2, 0.25) is 0 Å². The minimum absolute atomic E-state index is 0.0274. The Hall–Kier alpha value is -2.37. The van der Waals surface area contributed by atoms with E-state index in [0.29, 0.717) is 17.9 Å². The summed E-state index contributed by atoms with van der Waals surface area (Å²) in [5, 5.41) is 2.89. The molecular weight excluding hydrogens is 334 g/mol.